The molecule has 1 N–H and O–H groups in total. The Hall–Kier alpha value is -0.730. The Morgan fingerprint density at radius 1 is 1.53 bits per heavy atom. The number of nitrogens with zero attached hydrogens (tertiary/aromatic N) is 1. The van der Waals surface area contributed by atoms with E-state index in [4.69, 9.17) is 19.0 Å². The lowest BCUT2D eigenvalue weighted by molar-refractivity contribution is -0.119. The largest absolute Gasteiger partial charge is 0.377 e. The standard InChI is InChI=1S/C10H19N2O4P/c1-9(13)12-7-10(14-2)8-16-17(3)15-6-4-5-11/h10H,4,6-8H2,1-3H3,(H,12,13). The molecule has 17 heavy (non-hydrogen) atoms. The number of nitriles is 1. The first kappa shape index (κ1) is 16.3. The van der Waals surface area contributed by atoms with E-state index in [0.29, 0.717) is 26.2 Å². The lowest BCUT2D eigenvalue weighted by atomic mass is 10.4. The summed E-state index contributed by atoms with van der Waals surface area (Å²) in [6, 6.07) is 1.99. The number of ether oxygens (including phenoxy) is 1. The van der Waals surface area contributed by atoms with Crippen LogP contribution in [-0.2, 0) is 18.6 Å². The first-order valence-corrected chi connectivity index (χ1v) is 6.86. The minimum atomic E-state index is -1.00. The zero-order valence-corrected chi connectivity index (χ0v) is 11.3. The highest BCUT2D eigenvalue weighted by Gasteiger charge is 2.11. The van der Waals surface area contributed by atoms with Gasteiger partial charge in [-0.3, -0.25) is 4.79 Å². The fraction of sp³-hybridized carbons (Fsp3) is 0.800. The lowest BCUT2D eigenvalue weighted by Gasteiger charge is -2.18. The molecule has 2 atom stereocenters. The van der Waals surface area contributed by atoms with Gasteiger partial charge in [-0.05, 0) is 0 Å². The van der Waals surface area contributed by atoms with Gasteiger partial charge in [0.05, 0.1) is 31.8 Å². The minimum Gasteiger partial charge on any atom is -0.377 e. The molecule has 0 saturated heterocycles. The highest BCUT2D eigenvalue weighted by Crippen LogP contribution is 2.33. The molecule has 0 rings (SSSR count). The van der Waals surface area contributed by atoms with Crippen LogP contribution in [0.25, 0.3) is 0 Å². The van der Waals surface area contributed by atoms with E-state index in [2.05, 4.69) is 5.32 Å². The van der Waals surface area contributed by atoms with Gasteiger partial charge in [-0.2, -0.15) is 5.26 Å². The van der Waals surface area contributed by atoms with Gasteiger partial charge in [-0.15, -0.1) is 0 Å². The molecule has 0 fully saturated rings. The summed E-state index contributed by atoms with van der Waals surface area (Å²) < 4.78 is 15.9. The number of hydrogen-bond donors (Lipinski definition) is 1. The summed E-state index contributed by atoms with van der Waals surface area (Å²) in [5, 5.41) is 11.0. The van der Waals surface area contributed by atoms with Crippen molar-refractivity contribution in [3.63, 3.8) is 0 Å². The highest BCUT2D eigenvalue weighted by molar-refractivity contribution is 7.46. The summed E-state index contributed by atoms with van der Waals surface area (Å²) in [6.45, 7) is 4.41. The molecule has 6 nitrogen and oxygen atoms in total. The van der Waals surface area contributed by atoms with Gasteiger partial charge in [0, 0.05) is 27.2 Å². The smallest absolute Gasteiger partial charge is 0.216 e. The maximum absolute atomic E-state index is 10.7. The maximum Gasteiger partial charge on any atom is 0.216 e. The van der Waals surface area contributed by atoms with Crippen LogP contribution in [-0.4, -0.2) is 45.5 Å². The van der Waals surface area contributed by atoms with Gasteiger partial charge in [0.1, 0.15) is 0 Å². The van der Waals surface area contributed by atoms with Gasteiger partial charge < -0.3 is 19.1 Å². The molecule has 0 spiro atoms. The molecule has 0 radical (unpaired) electrons. The average molecular weight is 262 g/mol. The number of hydrogen-bond acceptors (Lipinski definition) is 5. The molecule has 0 aliphatic heterocycles. The fourth-order valence-electron chi connectivity index (χ4n) is 0.913. The molecule has 0 saturated carbocycles. The van der Waals surface area contributed by atoms with Crippen LogP contribution < -0.4 is 5.32 Å². The topological polar surface area (TPSA) is 80.6 Å². The number of nitrogens with one attached hydrogen (secondary N) is 1. The molecule has 0 aliphatic carbocycles. The second-order valence-corrected chi connectivity index (χ2v) is 4.67. The molecular formula is C10H19N2O4P. The van der Waals surface area contributed by atoms with Gasteiger partial charge in [0.25, 0.3) is 0 Å². The lowest BCUT2D eigenvalue weighted by Crippen LogP contribution is -2.34. The zero-order valence-electron chi connectivity index (χ0n) is 10.4. The summed E-state index contributed by atoms with van der Waals surface area (Å²) in [4.78, 5) is 10.7. The van der Waals surface area contributed by atoms with E-state index in [1.165, 1.54) is 6.92 Å². The summed E-state index contributed by atoms with van der Waals surface area (Å²) in [6.07, 6.45) is 0.165. The predicted octanol–water partition coefficient (Wildman–Crippen LogP) is 1.03. The van der Waals surface area contributed by atoms with Gasteiger partial charge in [0.2, 0.25) is 5.91 Å². The van der Waals surface area contributed by atoms with Crippen molar-refractivity contribution in [2.24, 2.45) is 0 Å². The van der Waals surface area contributed by atoms with Crippen molar-refractivity contribution in [1.82, 2.24) is 5.32 Å². The van der Waals surface area contributed by atoms with E-state index in [9.17, 15) is 4.79 Å². The molecule has 7 heteroatoms. The second-order valence-electron chi connectivity index (χ2n) is 3.27. The van der Waals surface area contributed by atoms with E-state index in [1.807, 2.05) is 12.7 Å². The molecule has 0 bridgehead atoms. The molecule has 1 amide bonds. The fourth-order valence-corrected chi connectivity index (χ4v) is 1.71. The SMILES string of the molecule is COC(CNC(C)=O)COP(C)OCCC#N. The second kappa shape index (κ2) is 10.4. The van der Waals surface area contributed by atoms with E-state index in [1.54, 1.807) is 7.11 Å². The van der Waals surface area contributed by atoms with Crippen molar-refractivity contribution in [3.8, 4) is 6.07 Å². The monoisotopic (exact) mass is 262 g/mol. The minimum absolute atomic E-state index is 0.101. The molecule has 0 aromatic heterocycles. The van der Waals surface area contributed by atoms with Crippen LogP contribution in [0.1, 0.15) is 13.3 Å². The molecule has 2 unspecified atom stereocenters. The summed E-state index contributed by atoms with van der Waals surface area (Å²) in [7, 11) is 0.560. The summed E-state index contributed by atoms with van der Waals surface area (Å²) >= 11 is 0. The Morgan fingerprint density at radius 3 is 2.76 bits per heavy atom. The van der Waals surface area contributed by atoms with Crippen LogP contribution in [0.4, 0.5) is 0 Å². The first-order chi connectivity index (χ1) is 8.10. The van der Waals surface area contributed by atoms with E-state index >= 15 is 0 Å². The third-order valence-electron chi connectivity index (χ3n) is 1.84. The normalized spacial score (nSPS) is 13.8. The van der Waals surface area contributed by atoms with Crippen LogP contribution in [0.2, 0.25) is 0 Å². The molecule has 0 aromatic carbocycles. The highest BCUT2D eigenvalue weighted by atomic mass is 31.2. The Kier molecular flexibility index (Phi) is 9.98. The molecule has 0 aliphatic rings. The van der Waals surface area contributed by atoms with Gasteiger partial charge in [-0.1, -0.05) is 0 Å². The first-order valence-electron chi connectivity index (χ1n) is 5.23. The zero-order chi connectivity index (χ0) is 13.1. The molecule has 0 aromatic rings. The Balaban J connectivity index is 3.66. The predicted molar refractivity (Wildman–Crippen MR) is 64.5 cm³/mol. The van der Waals surface area contributed by atoms with Crippen LogP contribution >= 0.6 is 8.38 Å². The Morgan fingerprint density at radius 2 is 2.24 bits per heavy atom. The number of carbonyl (C=O) groups is 1. The van der Waals surface area contributed by atoms with Gasteiger partial charge in [0.15, 0.2) is 8.38 Å². The van der Waals surface area contributed by atoms with Crippen LogP contribution in [0, 0.1) is 11.3 Å². The van der Waals surface area contributed by atoms with E-state index in [-0.39, 0.29) is 12.0 Å². The van der Waals surface area contributed by atoms with Gasteiger partial charge >= 0.3 is 0 Å². The van der Waals surface area contributed by atoms with E-state index in [0.717, 1.165) is 0 Å². The number of rotatable bonds is 9. The number of amides is 1. The van der Waals surface area contributed by atoms with Crippen molar-refractivity contribution in [2.45, 2.75) is 19.4 Å². The van der Waals surface area contributed by atoms with Crippen LogP contribution in [0.15, 0.2) is 0 Å². The summed E-state index contributed by atoms with van der Waals surface area (Å²) in [5.41, 5.74) is 0. The average Bonchev–Trinajstić information content (AvgIpc) is 2.29. The Bertz CT molecular complexity index is 257. The van der Waals surface area contributed by atoms with Crippen molar-refractivity contribution >= 4 is 14.3 Å². The van der Waals surface area contributed by atoms with Crippen molar-refractivity contribution in [2.75, 3.05) is 33.5 Å². The van der Waals surface area contributed by atoms with Crippen LogP contribution in [0.3, 0.4) is 0 Å². The Labute approximate surface area is 103 Å². The maximum atomic E-state index is 10.7. The third-order valence-corrected chi connectivity index (χ3v) is 2.90. The van der Waals surface area contributed by atoms with Crippen molar-refractivity contribution < 1.29 is 18.6 Å². The molecule has 98 valence electrons. The number of methoxy groups -OCH3 is 1. The van der Waals surface area contributed by atoms with Crippen molar-refractivity contribution in [1.29, 1.82) is 5.26 Å². The quantitative estimate of drug-likeness (QED) is 0.495. The van der Waals surface area contributed by atoms with Crippen molar-refractivity contribution in [3.05, 3.63) is 0 Å². The third kappa shape index (κ3) is 10.2. The summed E-state index contributed by atoms with van der Waals surface area (Å²) in [5.74, 6) is -0.101. The van der Waals surface area contributed by atoms with Crippen LogP contribution in [0.5, 0.6) is 0 Å². The van der Waals surface area contributed by atoms with E-state index < -0.39 is 8.38 Å². The van der Waals surface area contributed by atoms with Gasteiger partial charge in [-0.25, -0.2) is 0 Å². The molecule has 0 heterocycles. The molecular weight excluding hydrogens is 243 g/mol. The number of carbonyl (C=O) groups excluding carboxylic acids is 1.